The molecule has 4 N–H and O–H groups in total. The lowest BCUT2D eigenvalue weighted by molar-refractivity contribution is 0.809. The predicted molar refractivity (Wildman–Crippen MR) is 55.3 cm³/mol. The van der Waals surface area contributed by atoms with Gasteiger partial charge in [-0.05, 0) is 26.1 Å². The Balaban J connectivity index is 2.68. The van der Waals surface area contributed by atoms with E-state index in [1.54, 1.807) is 0 Å². The Hall–Kier alpha value is -1.80. The minimum atomic E-state index is 0.251. The van der Waals surface area contributed by atoms with E-state index in [0.717, 1.165) is 13.0 Å². The van der Waals surface area contributed by atoms with Crippen molar-refractivity contribution in [1.29, 1.82) is 5.26 Å². The van der Waals surface area contributed by atoms with E-state index in [9.17, 15) is 0 Å². The molecule has 0 aliphatic heterocycles. The van der Waals surface area contributed by atoms with Gasteiger partial charge in [-0.15, -0.1) is 0 Å². The van der Waals surface area contributed by atoms with Gasteiger partial charge >= 0.3 is 0 Å². The molecule has 1 aromatic heterocycles. The third kappa shape index (κ3) is 2.34. The number of hydrogen-bond acceptors (Lipinski definition) is 4. The highest BCUT2D eigenvalue weighted by molar-refractivity contribution is 5.62. The Morgan fingerprint density at radius 2 is 2.50 bits per heavy atom. The van der Waals surface area contributed by atoms with Crippen LogP contribution in [-0.4, -0.2) is 23.8 Å². The number of anilines is 1. The van der Waals surface area contributed by atoms with Gasteiger partial charge in [0.1, 0.15) is 11.6 Å². The van der Waals surface area contributed by atoms with Crippen molar-refractivity contribution in [2.75, 3.05) is 19.3 Å². The molecule has 0 spiro atoms. The topological polar surface area (TPSA) is 90.5 Å². The second kappa shape index (κ2) is 5.04. The van der Waals surface area contributed by atoms with Crippen LogP contribution in [0.4, 0.5) is 5.82 Å². The van der Waals surface area contributed by atoms with Gasteiger partial charge < -0.3 is 11.1 Å². The molecule has 0 saturated heterocycles. The summed E-state index contributed by atoms with van der Waals surface area (Å²) in [6.45, 7) is 0.905. The Bertz CT molecular complexity index is 358. The zero-order valence-corrected chi connectivity index (χ0v) is 8.04. The van der Waals surface area contributed by atoms with Gasteiger partial charge in [-0.3, -0.25) is 5.10 Å². The van der Waals surface area contributed by atoms with Crippen LogP contribution in [0.3, 0.4) is 0 Å². The zero-order valence-electron chi connectivity index (χ0n) is 8.04. The molecule has 1 aromatic rings. The first-order valence-corrected chi connectivity index (χ1v) is 4.34. The number of rotatable bonds is 4. The summed E-state index contributed by atoms with van der Waals surface area (Å²) in [6.07, 6.45) is 4.68. The van der Waals surface area contributed by atoms with Crippen molar-refractivity contribution in [2.24, 2.45) is 0 Å². The van der Waals surface area contributed by atoms with Gasteiger partial charge in [0.25, 0.3) is 0 Å². The van der Waals surface area contributed by atoms with Crippen molar-refractivity contribution in [1.82, 2.24) is 15.5 Å². The summed E-state index contributed by atoms with van der Waals surface area (Å²) in [5.41, 5.74) is 6.55. The third-order valence-electron chi connectivity index (χ3n) is 1.78. The van der Waals surface area contributed by atoms with Crippen LogP contribution in [-0.2, 0) is 0 Å². The molecule has 0 amide bonds. The molecule has 74 valence electrons. The number of nitriles is 1. The van der Waals surface area contributed by atoms with Gasteiger partial charge in [-0.25, -0.2) is 0 Å². The van der Waals surface area contributed by atoms with E-state index in [1.807, 2.05) is 25.3 Å². The molecule has 0 unspecified atom stereocenters. The molecule has 0 radical (unpaired) electrons. The van der Waals surface area contributed by atoms with E-state index in [2.05, 4.69) is 15.5 Å². The maximum atomic E-state index is 8.75. The van der Waals surface area contributed by atoms with Crippen molar-refractivity contribution in [3.05, 3.63) is 17.3 Å². The van der Waals surface area contributed by atoms with Crippen LogP contribution < -0.4 is 11.1 Å². The largest absolute Gasteiger partial charge is 0.381 e. The fourth-order valence-corrected chi connectivity index (χ4v) is 1.04. The SMILES string of the molecule is CNCCC=Cc1[nH]nc(N)c1C#N. The molecule has 5 nitrogen and oxygen atoms in total. The molecule has 0 saturated carbocycles. The minimum absolute atomic E-state index is 0.251. The summed E-state index contributed by atoms with van der Waals surface area (Å²) in [5, 5.41) is 18.2. The summed E-state index contributed by atoms with van der Waals surface area (Å²) in [6, 6.07) is 2.00. The Morgan fingerprint density at radius 1 is 1.71 bits per heavy atom. The van der Waals surface area contributed by atoms with Crippen LogP contribution in [0.25, 0.3) is 6.08 Å². The lowest BCUT2D eigenvalue weighted by Crippen LogP contribution is -2.05. The number of aromatic amines is 1. The minimum Gasteiger partial charge on any atom is -0.381 e. The van der Waals surface area contributed by atoms with E-state index >= 15 is 0 Å². The van der Waals surface area contributed by atoms with Crippen LogP contribution in [0.1, 0.15) is 17.7 Å². The van der Waals surface area contributed by atoms with Gasteiger partial charge in [0, 0.05) is 0 Å². The summed E-state index contributed by atoms with van der Waals surface area (Å²) >= 11 is 0. The van der Waals surface area contributed by atoms with E-state index in [0.29, 0.717) is 11.3 Å². The lowest BCUT2D eigenvalue weighted by Gasteiger charge is -1.91. The van der Waals surface area contributed by atoms with E-state index in [-0.39, 0.29) is 5.82 Å². The van der Waals surface area contributed by atoms with Crippen molar-refractivity contribution in [2.45, 2.75) is 6.42 Å². The smallest absolute Gasteiger partial charge is 0.163 e. The van der Waals surface area contributed by atoms with Gasteiger partial charge in [-0.1, -0.05) is 6.08 Å². The maximum Gasteiger partial charge on any atom is 0.163 e. The molecule has 0 aromatic carbocycles. The summed E-state index contributed by atoms with van der Waals surface area (Å²) < 4.78 is 0. The van der Waals surface area contributed by atoms with E-state index < -0.39 is 0 Å². The molecule has 1 heterocycles. The number of hydrogen-bond donors (Lipinski definition) is 3. The lowest BCUT2D eigenvalue weighted by atomic mass is 10.2. The van der Waals surface area contributed by atoms with E-state index in [4.69, 9.17) is 11.0 Å². The van der Waals surface area contributed by atoms with Crippen LogP contribution in [0.5, 0.6) is 0 Å². The summed E-state index contributed by atoms with van der Waals surface area (Å²) in [4.78, 5) is 0. The molecule has 0 atom stereocenters. The molecular formula is C9H13N5. The number of nitrogens with two attached hydrogens (primary N) is 1. The van der Waals surface area contributed by atoms with Gasteiger partial charge in [0.05, 0.1) is 5.69 Å². The van der Waals surface area contributed by atoms with Crippen molar-refractivity contribution < 1.29 is 0 Å². The molecule has 1 rings (SSSR count). The quantitative estimate of drug-likeness (QED) is 0.604. The standard InChI is InChI=1S/C9H13N5/c1-12-5-3-2-4-8-7(6-10)9(11)14-13-8/h2,4,12H,3,5H2,1H3,(H3,11,13,14). The number of H-pyrrole nitrogens is 1. The van der Waals surface area contributed by atoms with Gasteiger partial charge in [-0.2, -0.15) is 10.4 Å². The Morgan fingerprint density at radius 3 is 3.14 bits per heavy atom. The Labute approximate surface area is 82.6 Å². The highest BCUT2D eigenvalue weighted by Crippen LogP contribution is 2.12. The third-order valence-corrected chi connectivity index (χ3v) is 1.78. The van der Waals surface area contributed by atoms with Crippen LogP contribution in [0.15, 0.2) is 6.08 Å². The molecule has 0 fully saturated rings. The zero-order chi connectivity index (χ0) is 10.4. The second-order valence-electron chi connectivity index (χ2n) is 2.80. The highest BCUT2D eigenvalue weighted by atomic mass is 15.2. The molecule has 0 bridgehead atoms. The van der Waals surface area contributed by atoms with Crippen molar-refractivity contribution in [3.63, 3.8) is 0 Å². The Kier molecular flexibility index (Phi) is 3.70. The molecule has 14 heavy (non-hydrogen) atoms. The number of nitrogens with zero attached hydrogens (tertiary/aromatic N) is 2. The monoisotopic (exact) mass is 191 g/mol. The fourth-order valence-electron chi connectivity index (χ4n) is 1.04. The van der Waals surface area contributed by atoms with Crippen molar-refractivity contribution in [3.8, 4) is 6.07 Å². The average molecular weight is 191 g/mol. The fraction of sp³-hybridized carbons (Fsp3) is 0.333. The van der Waals surface area contributed by atoms with Crippen molar-refractivity contribution >= 4 is 11.9 Å². The summed E-state index contributed by atoms with van der Waals surface area (Å²) in [5.74, 6) is 0.251. The predicted octanol–water partition coefficient (Wildman–Crippen LogP) is 0.486. The molecular weight excluding hydrogens is 178 g/mol. The normalized spacial score (nSPS) is 10.6. The van der Waals surface area contributed by atoms with E-state index in [1.165, 1.54) is 0 Å². The van der Waals surface area contributed by atoms with Crippen LogP contribution in [0, 0.1) is 11.3 Å². The number of nitrogens with one attached hydrogen (secondary N) is 2. The van der Waals surface area contributed by atoms with Crippen LogP contribution in [0.2, 0.25) is 0 Å². The first-order chi connectivity index (χ1) is 6.79. The first-order valence-electron chi connectivity index (χ1n) is 4.34. The summed E-state index contributed by atoms with van der Waals surface area (Å²) in [7, 11) is 1.89. The molecule has 0 aliphatic rings. The molecule has 0 aliphatic carbocycles. The number of aromatic nitrogens is 2. The first kappa shape index (κ1) is 10.3. The maximum absolute atomic E-state index is 8.75. The average Bonchev–Trinajstić information content (AvgIpc) is 2.54. The highest BCUT2D eigenvalue weighted by Gasteiger charge is 2.05. The van der Waals surface area contributed by atoms with Gasteiger partial charge in [0.2, 0.25) is 0 Å². The second-order valence-corrected chi connectivity index (χ2v) is 2.80. The molecule has 5 heteroatoms. The van der Waals surface area contributed by atoms with Gasteiger partial charge in [0.15, 0.2) is 5.82 Å². The number of nitrogen functional groups attached to an aromatic ring is 1. The van der Waals surface area contributed by atoms with Crippen LogP contribution >= 0.6 is 0 Å².